The number of hydrogen-bond acceptors (Lipinski definition) is 3. The molecule has 2 aromatic carbocycles. The van der Waals surface area contributed by atoms with Crippen molar-refractivity contribution in [3.63, 3.8) is 0 Å². The topological polar surface area (TPSA) is 49.3 Å². The molecule has 3 aromatic rings. The largest absolute Gasteiger partial charge is 0.383 e. The van der Waals surface area contributed by atoms with Gasteiger partial charge >= 0.3 is 0 Å². The molecule has 3 nitrogen and oxygen atoms in total. The Labute approximate surface area is 137 Å². The smallest absolute Gasteiger partial charge is 0.251 e. The molecule has 1 atom stereocenters. The van der Waals surface area contributed by atoms with Crippen LogP contribution in [0.2, 0.25) is 0 Å². The van der Waals surface area contributed by atoms with Crippen molar-refractivity contribution in [2.75, 3.05) is 6.54 Å². The fourth-order valence-corrected chi connectivity index (χ4v) is 3.42. The highest BCUT2D eigenvalue weighted by molar-refractivity contribution is 7.19. The van der Waals surface area contributed by atoms with E-state index in [0.717, 1.165) is 15.0 Å². The third-order valence-corrected chi connectivity index (χ3v) is 5.01. The summed E-state index contributed by atoms with van der Waals surface area (Å²) in [6.07, 6.45) is 0. The van der Waals surface area contributed by atoms with Crippen LogP contribution in [0.1, 0.15) is 22.2 Å². The monoisotopic (exact) mass is 329 g/mol. The summed E-state index contributed by atoms with van der Waals surface area (Å²) in [6.45, 7) is 1.71. The van der Waals surface area contributed by atoms with Crippen molar-refractivity contribution >= 4 is 27.3 Å². The highest BCUT2D eigenvalue weighted by Gasteiger charge is 2.26. The van der Waals surface area contributed by atoms with Crippen LogP contribution < -0.4 is 5.32 Å². The van der Waals surface area contributed by atoms with Crippen LogP contribution in [0.15, 0.2) is 54.6 Å². The molecule has 0 saturated carbocycles. The molecule has 5 heteroatoms. The second kappa shape index (κ2) is 6.10. The molecule has 1 amide bonds. The van der Waals surface area contributed by atoms with Gasteiger partial charge in [-0.25, -0.2) is 4.39 Å². The highest BCUT2D eigenvalue weighted by Crippen LogP contribution is 2.32. The number of nitrogens with one attached hydrogen (secondary N) is 1. The number of fused-ring (bicyclic) bond motifs is 1. The molecule has 0 saturated heterocycles. The quantitative estimate of drug-likeness (QED) is 0.767. The number of amides is 1. The minimum absolute atomic E-state index is 0.0508. The molecule has 118 valence electrons. The van der Waals surface area contributed by atoms with E-state index in [0.29, 0.717) is 0 Å². The van der Waals surface area contributed by atoms with Gasteiger partial charge in [-0.2, -0.15) is 0 Å². The van der Waals surface area contributed by atoms with Gasteiger partial charge in [-0.1, -0.05) is 24.3 Å². The molecule has 1 unspecified atom stereocenters. The van der Waals surface area contributed by atoms with E-state index >= 15 is 0 Å². The first-order chi connectivity index (χ1) is 11.0. The average Bonchev–Trinajstić information content (AvgIpc) is 2.97. The second-order valence-corrected chi connectivity index (χ2v) is 6.70. The number of rotatable bonds is 4. The predicted molar refractivity (Wildman–Crippen MR) is 90.1 cm³/mol. The molecule has 0 aliphatic rings. The van der Waals surface area contributed by atoms with E-state index in [1.807, 2.05) is 30.3 Å². The molecular formula is C18H16FNO2S. The summed E-state index contributed by atoms with van der Waals surface area (Å²) in [4.78, 5) is 12.8. The van der Waals surface area contributed by atoms with Crippen LogP contribution in [-0.2, 0) is 5.60 Å². The minimum atomic E-state index is -1.19. The van der Waals surface area contributed by atoms with Crippen molar-refractivity contribution in [1.82, 2.24) is 5.32 Å². The summed E-state index contributed by atoms with van der Waals surface area (Å²) in [5, 5.41) is 14.4. The van der Waals surface area contributed by atoms with Gasteiger partial charge in [-0.05, 0) is 42.6 Å². The molecule has 0 spiro atoms. The van der Waals surface area contributed by atoms with Crippen LogP contribution in [0.4, 0.5) is 4.39 Å². The molecule has 3 rings (SSSR count). The number of carbonyl (C=O) groups excluding carboxylic acids is 1. The lowest BCUT2D eigenvalue weighted by atomic mass is 10.0. The lowest BCUT2D eigenvalue weighted by Gasteiger charge is -2.22. The van der Waals surface area contributed by atoms with E-state index < -0.39 is 17.3 Å². The Bertz CT molecular complexity index is 824. The molecule has 0 fully saturated rings. The maximum Gasteiger partial charge on any atom is 0.251 e. The molecule has 23 heavy (non-hydrogen) atoms. The van der Waals surface area contributed by atoms with Crippen LogP contribution in [-0.4, -0.2) is 17.6 Å². The van der Waals surface area contributed by atoms with Crippen molar-refractivity contribution in [2.45, 2.75) is 12.5 Å². The van der Waals surface area contributed by atoms with Gasteiger partial charge in [0.05, 0.1) is 6.54 Å². The van der Waals surface area contributed by atoms with Crippen molar-refractivity contribution < 1.29 is 14.3 Å². The third-order valence-electron chi connectivity index (χ3n) is 3.64. The van der Waals surface area contributed by atoms with Gasteiger partial charge in [-0.3, -0.25) is 4.79 Å². The van der Waals surface area contributed by atoms with Gasteiger partial charge in [0, 0.05) is 15.1 Å². The number of carbonyl (C=O) groups is 1. The van der Waals surface area contributed by atoms with E-state index in [2.05, 4.69) is 5.32 Å². The first-order valence-corrected chi connectivity index (χ1v) is 8.02. The maximum absolute atomic E-state index is 13.2. The third kappa shape index (κ3) is 3.41. The van der Waals surface area contributed by atoms with E-state index in [4.69, 9.17) is 0 Å². The number of benzene rings is 2. The Balaban J connectivity index is 1.74. The normalized spacial score (nSPS) is 13.7. The number of halogens is 1. The molecule has 0 aliphatic carbocycles. The van der Waals surface area contributed by atoms with Crippen molar-refractivity contribution in [1.29, 1.82) is 0 Å². The van der Waals surface area contributed by atoms with Crippen LogP contribution in [0, 0.1) is 5.82 Å². The summed E-state index contributed by atoms with van der Waals surface area (Å²) < 4.78 is 14.2. The molecular weight excluding hydrogens is 313 g/mol. The molecule has 0 aliphatic heterocycles. The van der Waals surface area contributed by atoms with E-state index in [1.54, 1.807) is 6.92 Å². The van der Waals surface area contributed by atoms with Crippen molar-refractivity contribution in [3.05, 3.63) is 70.9 Å². The summed E-state index contributed by atoms with van der Waals surface area (Å²) in [7, 11) is 0. The minimum Gasteiger partial charge on any atom is -0.383 e. The average molecular weight is 329 g/mol. The summed E-state index contributed by atoms with van der Waals surface area (Å²) in [5.74, 6) is -0.875. The first kappa shape index (κ1) is 15.6. The van der Waals surface area contributed by atoms with E-state index in [9.17, 15) is 14.3 Å². The number of hydrogen-bond donors (Lipinski definition) is 2. The summed E-state index contributed by atoms with van der Waals surface area (Å²) >= 11 is 1.49. The fourth-order valence-electron chi connectivity index (χ4n) is 2.32. The highest BCUT2D eigenvalue weighted by atomic mass is 32.1. The standard InChI is InChI=1S/C18H16FNO2S/c1-18(22,16-10-12-5-2-3-8-15(12)23-16)11-20-17(21)13-6-4-7-14(19)9-13/h2-10,22H,11H2,1H3,(H,20,21). The first-order valence-electron chi connectivity index (χ1n) is 7.21. The molecule has 2 N–H and O–H groups in total. The Kier molecular flexibility index (Phi) is 4.15. The molecule has 0 bridgehead atoms. The Hall–Kier alpha value is -2.24. The summed E-state index contributed by atoms with van der Waals surface area (Å²) in [6, 6.07) is 15.3. The lowest BCUT2D eigenvalue weighted by Crippen LogP contribution is -2.38. The SMILES string of the molecule is CC(O)(CNC(=O)c1cccc(F)c1)c1cc2ccccc2s1. The maximum atomic E-state index is 13.2. The predicted octanol–water partition coefficient (Wildman–Crippen LogP) is 3.68. The van der Waals surface area contributed by atoms with E-state index in [-0.39, 0.29) is 12.1 Å². The Morgan fingerprint density at radius 3 is 2.74 bits per heavy atom. The van der Waals surface area contributed by atoms with Crippen LogP contribution in [0.25, 0.3) is 10.1 Å². The van der Waals surface area contributed by atoms with Gasteiger partial charge in [0.1, 0.15) is 11.4 Å². The zero-order valence-electron chi connectivity index (χ0n) is 12.5. The van der Waals surface area contributed by atoms with Crippen LogP contribution in [0.3, 0.4) is 0 Å². The zero-order chi connectivity index (χ0) is 16.4. The Morgan fingerprint density at radius 2 is 2.00 bits per heavy atom. The van der Waals surface area contributed by atoms with Gasteiger partial charge in [0.25, 0.3) is 5.91 Å². The molecule has 0 radical (unpaired) electrons. The van der Waals surface area contributed by atoms with Gasteiger partial charge < -0.3 is 10.4 Å². The Morgan fingerprint density at radius 1 is 1.22 bits per heavy atom. The molecule has 1 aromatic heterocycles. The van der Waals surface area contributed by atoms with Crippen LogP contribution in [0.5, 0.6) is 0 Å². The van der Waals surface area contributed by atoms with Gasteiger partial charge in [-0.15, -0.1) is 11.3 Å². The van der Waals surface area contributed by atoms with Gasteiger partial charge in [0.15, 0.2) is 0 Å². The second-order valence-electron chi connectivity index (χ2n) is 5.62. The number of thiophene rings is 1. The van der Waals surface area contributed by atoms with E-state index in [1.165, 1.54) is 35.6 Å². The van der Waals surface area contributed by atoms with Crippen molar-refractivity contribution in [3.8, 4) is 0 Å². The molecule has 1 heterocycles. The lowest BCUT2D eigenvalue weighted by molar-refractivity contribution is 0.0557. The van der Waals surface area contributed by atoms with Crippen molar-refractivity contribution in [2.24, 2.45) is 0 Å². The zero-order valence-corrected chi connectivity index (χ0v) is 13.4. The number of aliphatic hydroxyl groups is 1. The van der Waals surface area contributed by atoms with Crippen LogP contribution >= 0.6 is 11.3 Å². The fraction of sp³-hybridized carbons (Fsp3) is 0.167. The summed E-state index contributed by atoms with van der Waals surface area (Å²) in [5.41, 5.74) is -0.954. The van der Waals surface area contributed by atoms with Gasteiger partial charge in [0.2, 0.25) is 0 Å².